The van der Waals surface area contributed by atoms with Crippen LogP contribution in [0.25, 0.3) is 0 Å². The molecule has 14 heavy (non-hydrogen) atoms. The quantitative estimate of drug-likeness (QED) is 0.551. The molecule has 0 bridgehead atoms. The molecular formula is C9H14N2O3. The molecule has 78 valence electrons. The lowest BCUT2D eigenvalue weighted by molar-refractivity contribution is -0.147. The van der Waals surface area contributed by atoms with Crippen LogP contribution in [0.1, 0.15) is 19.3 Å². The molecule has 2 heterocycles. The molecule has 0 aromatic heterocycles. The second-order valence-electron chi connectivity index (χ2n) is 4.03. The Balaban J connectivity index is 2.18. The summed E-state index contributed by atoms with van der Waals surface area (Å²) in [5, 5.41) is 8.83. The normalized spacial score (nSPS) is 37.1. The highest BCUT2D eigenvalue weighted by molar-refractivity contribution is 5.98. The lowest BCUT2D eigenvalue weighted by Gasteiger charge is -2.34. The third kappa shape index (κ3) is 1.28. The van der Waals surface area contributed by atoms with Crippen LogP contribution in [0.5, 0.6) is 0 Å². The van der Waals surface area contributed by atoms with E-state index in [1.807, 2.05) is 0 Å². The number of carboxylic acid groups (broad SMARTS) is 1. The minimum absolute atomic E-state index is 0.0441. The molecule has 0 spiro atoms. The highest BCUT2D eigenvalue weighted by atomic mass is 16.4. The number of rotatable bonds is 1. The number of nitrogens with zero attached hydrogens (tertiary/aromatic N) is 1. The lowest BCUT2D eigenvalue weighted by atomic mass is 9.95. The molecule has 0 aliphatic carbocycles. The first-order valence-electron chi connectivity index (χ1n) is 4.90. The summed E-state index contributed by atoms with van der Waals surface area (Å²) in [5.41, 5.74) is 5.86. The molecule has 3 N–H and O–H groups in total. The number of carboxylic acids is 1. The van der Waals surface area contributed by atoms with Crippen molar-refractivity contribution in [3.05, 3.63) is 0 Å². The van der Waals surface area contributed by atoms with Gasteiger partial charge in [-0.15, -0.1) is 0 Å². The van der Waals surface area contributed by atoms with Crippen LogP contribution in [-0.4, -0.2) is 40.5 Å². The predicted octanol–water partition coefficient (Wildman–Crippen LogP) is -0.591. The molecule has 0 aromatic rings. The number of fused-ring (bicyclic) bond motifs is 1. The number of aliphatic carboxylic acids is 1. The van der Waals surface area contributed by atoms with Gasteiger partial charge in [-0.05, 0) is 19.3 Å². The highest BCUT2D eigenvalue weighted by Crippen LogP contribution is 2.31. The molecule has 2 aliphatic rings. The molecule has 0 saturated carbocycles. The van der Waals surface area contributed by atoms with E-state index in [1.54, 1.807) is 4.90 Å². The summed E-state index contributed by atoms with van der Waals surface area (Å²) in [4.78, 5) is 24.0. The van der Waals surface area contributed by atoms with Crippen molar-refractivity contribution in [1.29, 1.82) is 0 Å². The first-order chi connectivity index (χ1) is 6.61. The third-order valence-corrected chi connectivity index (χ3v) is 3.19. The monoisotopic (exact) mass is 198 g/mol. The van der Waals surface area contributed by atoms with Gasteiger partial charge in [0, 0.05) is 18.6 Å². The van der Waals surface area contributed by atoms with Gasteiger partial charge in [-0.25, -0.2) is 0 Å². The number of hydrogen-bond donors (Lipinski definition) is 2. The van der Waals surface area contributed by atoms with Gasteiger partial charge in [0.1, 0.15) is 5.92 Å². The zero-order chi connectivity index (χ0) is 10.3. The maximum Gasteiger partial charge on any atom is 0.316 e. The zero-order valence-electron chi connectivity index (χ0n) is 7.85. The molecule has 0 unspecified atom stereocenters. The van der Waals surface area contributed by atoms with Crippen LogP contribution in [0.15, 0.2) is 0 Å². The second kappa shape index (κ2) is 3.24. The van der Waals surface area contributed by atoms with E-state index in [2.05, 4.69) is 0 Å². The molecule has 1 amide bonds. The fraction of sp³-hybridized carbons (Fsp3) is 0.778. The van der Waals surface area contributed by atoms with Crippen LogP contribution in [0, 0.1) is 5.92 Å². The Morgan fingerprint density at radius 1 is 1.57 bits per heavy atom. The van der Waals surface area contributed by atoms with E-state index in [0.29, 0.717) is 13.0 Å². The van der Waals surface area contributed by atoms with Crippen molar-refractivity contribution < 1.29 is 14.7 Å². The van der Waals surface area contributed by atoms with Crippen molar-refractivity contribution in [2.75, 3.05) is 6.54 Å². The van der Waals surface area contributed by atoms with Gasteiger partial charge in [-0.3, -0.25) is 9.59 Å². The van der Waals surface area contributed by atoms with Crippen LogP contribution in [0.4, 0.5) is 0 Å². The Labute approximate surface area is 81.9 Å². The Hall–Kier alpha value is -1.10. The van der Waals surface area contributed by atoms with Crippen LogP contribution in [0.2, 0.25) is 0 Å². The van der Waals surface area contributed by atoms with Crippen LogP contribution in [-0.2, 0) is 9.59 Å². The SMILES string of the molecule is N[C@H]1CCCN2C(=O)[C@@H](C(=O)O)C[C@H]12. The van der Waals surface area contributed by atoms with Gasteiger partial charge in [0.15, 0.2) is 0 Å². The van der Waals surface area contributed by atoms with Gasteiger partial charge < -0.3 is 15.7 Å². The van der Waals surface area contributed by atoms with Crippen molar-refractivity contribution in [2.45, 2.75) is 31.3 Å². The number of carbonyl (C=O) groups excluding carboxylic acids is 1. The molecular weight excluding hydrogens is 184 g/mol. The number of hydrogen-bond acceptors (Lipinski definition) is 3. The van der Waals surface area contributed by atoms with Crippen molar-refractivity contribution in [1.82, 2.24) is 4.90 Å². The Morgan fingerprint density at radius 3 is 2.86 bits per heavy atom. The average Bonchev–Trinajstić information content (AvgIpc) is 2.46. The summed E-state index contributed by atoms with van der Waals surface area (Å²) in [6.45, 7) is 0.668. The summed E-state index contributed by atoms with van der Waals surface area (Å²) in [7, 11) is 0. The van der Waals surface area contributed by atoms with Gasteiger partial charge >= 0.3 is 5.97 Å². The highest BCUT2D eigenvalue weighted by Gasteiger charge is 2.46. The van der Waals surface area contributed by atoms with Gasteiger partial charge in [0.2, 0.25) is 5.91 Å². The molecule has 2 aliphatic heterocycles. The number of piperidine rings is 1. The standard InChI is InChI=1S/C9H14N2O3/c10-6-2-1-3-11-7(6)4-5(8(11)12)9(13)14/h5-7H,1-4,10H2,(H,13,14)/t5-,6-,7+/m0/s1. The fourth-order valence-corrected chi connectivity index (χ4v) is 2.41. The molecule has 2 saturated heterocycles. The Morgan fingerprint density at radius 2 is 2.29 bits per heavy atom. The summed E-state index contributed by atoms with van der Waals surface area (Å²) >= 11 is 0. The van der Waals surface area contributed by atoms with E-state index in [0.717, 1.165) is 12.8 Å². The van der Waals surface area contributed by atoms with E-state index in [-0.39, 0.29) is 18.0 Å². The lowest BCUT2D eigenvalue weighted by Crippen LogP contribution is -2.49. The van der Waals surface area contributed by atoms with Gasteiger partial charge in [-0.1, -0.05) is 0 Å². The fourth-order valence-electron chi connectivity index (χ4n) is 2.41. The van der Waals surface area contributed by atoms with Crippen LogP contribution < -0.4 is 5.73 Å². The molecule has 2 rings (SSSR count). The number of amides is 1. The maximum atomic E-state index is 11.6. The summed E-state index contributed by atoms with van der Waals surface area (Å²) in [6, 6.07) is -0.0885. The van der Waals surface area contributed by atoms with Crippen LogP contribution >= 0.6 is 0 Å². The minimum Gasteiger partial charge on any atom is -0.481 e. The first kappa shape index (κ1) is 9.45. The van der Waals surface area contributed by atoms with Gasteiger partial charge in [0.25, 0.3) is 0 Å². The maximum absolute atomic E-state index is 11.6. The van der Waals surface area contributed by atoms with E-state index < -0.39 is 11.9 Å². The Bertz CT molecular complexity index is 279. The van der Waals surface area contributed by atoms with E-state index >= 15 is 0 Å². The molecule has 5 nitrogen and oxygen atoms in total. The van der Waals surface area contributed by atoms with Crippen LogP contribution in [0.3, 0.4) is 0 Å². The van der Waals surface area contributed by atoms with E-state index in [4.69, 9.17) is 10.8 Å². The largest absolute Gasteiger partial charge is 0.481 e. The minimum atomic E-state index is -1.02. The second-order valence-corrected chi connectivity index (χ2v) is 4.03. The van der Waals surface area contributed by atoms with Crippen molar-refractivity contribution >= 4 is 11.9 Å². The average molecular weight is 198 g/mol. The molecule has 0 aromatic carbocycles. The topological polar surface area (TPSA) is 83.6 Å². The van der Waals surface area contributed by atoms with Crippen molar-refractivity contribution in [3.8, 4) is 0 Å². The smallest absolute Gasteiger partial charge is 0.316 e. The summed E-state index contributed by atoms with van der Waals surface area (Å²) in [5.74, 6) is -2.13. The third-order valence-electron chi connectivity index (χ3n) is 3.19. The van der Waals surface area contributed by atoms with Gasteiger partial charge in [0.05, 0.1) is 0 Å². The van der Waals surface area contributed by atoms with Crippen molar-refractivity contribution in [3.63, 3.8) is 0 Å². The first-order valence-corrected chi connectivity index (χ1v) is 4.90. The Kier molecular flexibility index (Phi) is 2.19. The van der Waals surface area contributed by atoms with E-state index in [1.165, 1.54) is 0 Å². The number of nitrogens with two attached hydrogens (primary N) is 1. The van der Waals surface area contributed by atoms with E-state index in [9.17, 15) is 9.59 Å². The number of carbonyl (C=O) groups is 2. The summed E-state index contributed by atoms with van der Waals surface area (Å²) in [6.07, 6.45) is 2.16. The van der Waals surface area contributed by atoms with Crippen molar-refractivity contribution in [2.24, 2.45) is 11.7 Å². The predicted molar refractivity (Wildman–Crippen MR) is 48.5 cm³/mol. The summed E-state index contributed by atoms with van der Waals surface area (Å²) < 4.78 is 0. The molecule has 5 heteroatoms. The molecule has 2 fully saturated rings. The van der Waals surface area contributed by atoms with Gasteiger partial charge in [-0.2, -0.15) is 0 Å². The molecule has 0 radical (unpaired) electrons. The molecule has 3 atom stereocenters. The zero-order valence-corrected chi connectivity index (χ0v) is 7.85.